The molecule has 1 aliphatic heterocycles. The van der Waals surface area contributed by atoms with Gasteiger partial charge < -0.3 is 4.90 Å². The lowest BCUT2D eigenvalue weighted by atomic mass is 9.81. The Balaban J connectivity index is 2.40. The lowest BCUT2D eigenvalue weighted by Crippen LogP contribution is -2.19. The molecule has 1 aromatic carbocycles. The third-order valence-electron chi connectivity index (χ3n) is 3.74. The molecule has 1 heteroatoms. The highest BCUT2D eigenvalue weighted by Gasteiger charge is 2.19. The minimum Gasteiger partial charge on any atom is -0.376 e. The summed E-state index contributed by atoms with van der Waals surface area (Å²) in [6, 6.07) is 6.91. The Morgan fingerprint density at radius 1 is 1.31 bits per heavy atom. The Kier molecular flexibility index (Phi) is 2.79. The average molecular weight is 215 g/mol. The van der Waals surface area contributed by atoms with E-state index < -0.39 is 0 Å². The van der Waals surface area contributed by atoms with Crippen LogP contribution < -0.4 is 0 Å². The van der Waals surface area contributed by atoms with Crippen LogP contribution in [0, 0.1) is 0 Å². The van der Waals surface area contributed by atoms with Crippen molar-refractivity contribution in [1.82, 2.24) is 4.90 Å². The van der Waals surface area contributed by atoms with Crippen LogP contribution in [0.3, 0.4) is 0 Å². The Morgan fingerprint density at radius 2 is 2.06 bits per heavy atom. The third kappa shape index (κ3) is 1.99. The van der Waals surface area contributed by atoms with Gasteiger partial charge in [-0.2, -0.15) is 0 Å². The van der Waals surface area contributed by atoms with Crippen LogP contribution >= 0.6 is 0 Å². The van der Waals surface area contributed by atoms with Gasteiger partial charge in [0.1, 0.15) is 0 Å². The molecular weight excluding hydrogens is 194 g/mol. The minimum atomic E-state index is 0.286. The van der Waals surface area contributed by atoms with Crippen LogP contribution in [0.5, 0.6) is 0 Å². The zero-order chi connectivity index (χ0) is 11.8. The molecule has 16 heavy (non-hydrogen) atoms. The summed E-state index contributed by atoms with van der Waals surface area (Å²) in [5.41, 5.74) is 4.56. The van der Waals surface area contributed by atoms with Crippen LogP contribution in [-0.2, 0) is 12.0 Å². The summed E-state index contributed by atoms with van der Waals surface area (Å²) < 4.78 is 0. The van der Waals surface area contributed by atoms with E-state index >= 15 is 0 Å². The summed E-state index contributed by atoms with van der Waals surface area (Å²) in [5.74, 6) is 0. The third-order valence-corrected chi connectivity index (χ3v) is 3.74. The molecule has 0 fully saturated rings. The normalized spacial score (nSPS) is 15.1. The first-order chi connectivity index (χ1) is 7.53. The molecule has 0 radical (unpaired) electrons. The molecule has 0 N–H and O–H groups in total. The van der Waals surface area contributed by atoms with Crippen LogP contribution in [0.15, 0.2) is 24.4 Å². The van der Waals surface area contributed by atoms with E-state index in [4.69, 9.17) is 0 Å². The predicted octanol–water partition coefficient (Wildman–Crippen LogP) is 3.79. The molecule has 0 amide bonds. The highest BCUT2D eigenvalue weighted by atomic mass is 15.1. The van der Waals surface area contributed by atoms with E-state index in [0.717, 1.165) is 6.54 Å². The van der Waals surface area contributed by atoms with Crippen molar-refractivity contribution in [2.75, 3.05) is 7.05 Å². The Bertz CT molecular complexity index is 415. The fourth-order valence-corrected chi connectivity index (χ4v) is 2.06. The van der Waals surface area contributed by atoms with Crippen LogP contribution in [-0.4, -0.2) is 11.9 Å². The van der Waals surface area contributed by atoms with E-state index in [2.05, 4.69) is 63.2 Å². The van der Waals surface area contributed by atoms with Gasteiger partial charge >= 0.3 is 0 Å². The standard InChI is InChI=1S/C15H21N/c1-5-15(2,3)14-7-6-12-8-9-16(4)11-13(12)10-14/h6-10H,5,11H2,1-4H3. The van der Waals surface area contributed by atoms with Crippen molar-refractivity contribution in [3.05, 3.63) is 41.1 Å². The Hall–Kier alpha value is -1.24. The van der Waals surface area contributed by atoms with E-state index in [-0.39, 0.29) is 5.41 Å². The number of rotatable bonds is 2. The van der Waals surface area contributed by atoms with Crippen LogP contribution in [0.25, 0.3) is 6.08 Å². The fraction of sp³-hybridized carbons (Fsp3) is 0.467. The summed E-state index contributed by atoms with van der Waals surface area (Å²) in [4.78, 5) is 2.23. The minimum absolute atomic E-state index is 0.286. The Labute approximate surface area is 98.8 Å². The molecular formula is C15H21N. The smallest absolute Gasteiger partial charge is 0.0426 e. The summed E-state index contributed by atoms with van der Waals surface area (Å²) in [5, 5.41) is 0. The van der Waals surface area contributed by atoms with Gasteiger partial charge in [0, 0.05) is 13.6 Å². The monoisotopic (exact) mass is 215 g/mol. The van der Waals surface area contributed by atoms with Gasteiger partial charge in [-0.1, -0.05) is 39.0 Å². The van der Waals surface area contributed by atoms with E-state index in [1.807, 2.05) is 0 Å². The van der Waals surface area contributed by atoms with Crippen LogP contribution in [0.2, 0.25) is 0 Å². The highest BCUT2D eigenvalue weighted by Crippen LogP contribution is 2.30. The molecule has 0 aromatic heterocycles. The maximum Gasteiger partial charge on any atom is 0.0426 e. The largest absolute Gasteiger partial charge is 0.376 e. The molecule has 1 nitrogen and oxygen atoms in total. The average Bonchev–Trinajstić information content (AvgIpc) is 2.28. The van der Waals surface area contributed by atoms with Crippen molar-refractivity contribution in [3.63, 3.8) is 0 Å². The Morgan fingerprint density at radius 3 is 2.75 bits per heavy atom. The number of hydrogen-bond donors (Lipinski definition) is 0. The van der Waals surface area contributed by atoms with E-state index in [0.29, 0.717) is 0 Å². The van der Waals surface area contributed by atoms with Crippen molar-refractivity contribution in [2.45, 2.75) is 39.2 Å². The van der Waals surface area contributed by atoms with Crippen LogP contribution in [0.1, 0.15) is 43.9 Å². The number of nitrogens with zero attached hydrogens (tertiary/aromatic N) is 1. The topological polar surface area (TPSA) is 3.24 Å². The number of fused-ring (bicyclic) bond motifs is 1. The zero-order valence-electron chi connectivity index (χ0n) is 10.7. The predicted molar refractivity (Wildman–Crippen MR) is 70.3 cm³/mol. The molecule has 0 atom stereocenters. The van der Waals surface area contributed by atoms with Crippen molar-refractivity contribution >= 4 is 6.08 Å². The molecule has 1 aromatic rings. The van der Waals surface area contributed by atoms with E-state index in [1.165, 1.54) is 23.1 Å². The molecule has 1 heterocycles. The van der Waals surface area contributed by atoms with Crippen LogP contribution in [0.4, 0.5) is 0 Å². The first kappa shape index (κ1) is 11.3. The molecule has 0 saturated carbocycles. The molecule has 86 valence electrons. The maximum atomic E-state index is 2.37. The first-order valence-electron chi connectivity index (χ1n) is 6.05. The molecule has 0 saturated heterocycles. The van der Waals surface area contributed by atoms with Gasteiger partial charge in [0.15, 0.2) is 0 Å². The van der Waals surface area contributed by atoms with Gasteiger partial charge in [-0.3, -0.25) is 0 Å². The first-order valence-corrected chi connectivity index (χ1v) is 6.05. The molecule has 0 unspecified atom stereocenters. The number of benzene rings is 1. The second-order valence-electron chi connectivity index (χ2n) is 5.38. The quantitative estimate of drug-likeness (QED) is 0.725. The van der Waals surface area contributed by atoms with E-state index in [1.54, 1.807) is 0 Å². The van der Waals surface area contributed by atoms with Crippen molar-refractivity contribution in [2.24, 2.45) is 0 Å². The van der Waals surface area contributed by atoms with E-state index in [9.17, 15) is 0 Å². The lowest BCUT2D eigenvalue weighted by Gasteiger charge is -2.27. The van der Waals surface area contributed by atoms with Gasteiger partial charge in [0.25, 0.3) is 0 Å². The second kappa shape index (κ2) is 3.97. The molecule has 0 aliphatic carbocycles. The summed E-state index contributed by atoms with van der Waals surface area (Å²) in [6.45, 7) is 7.92. The SMILES string of the molecule is CCC(C)(C)c1ccc2c(c1)CN(C)C=C2. The lowest BCUT2D eigenvalue weighted by molar-refractivity contribution is 0.445. The highest BCUT2D eigenvalue weighted by molar-refractivity contribution is 5.57. The second-order valence-corrected chi connectivity index (χ2v) is 5.38. The summed E-state index contributed by atoms with van der Waals surface area (Å²) in [7, 11) is 2.12. The molecule has 0 bridgehead atoms. The van der Waals surface area contributed by atoms with Gasteiger partial charge in [-0.05, 0) is 40.8 Å². The molecule has 0 spiro atoms. The molecule has 1 aliphatic rings. The number of hydrogen-bond acceptors (Lipinski definition) is 1. The van der Waals surface area contributed by atoms with Gasteiger partial charge in [-0.25, -0.2) is 0 Å². The van der Waals surface area contributed by atoms with Crippen molar-refractivity contribution < 1.29 is 0 Å². The summed E-state index contributed by atoms with van der Waals surface area (Å²) in [6.07, 6.45) is 5.52. The van der Waals surface area contributed by atoms with Gasteiger partial charge in [0.05, 0.1) is 0 Å². The fourth-order valence-electron chi connectivity index (χ4n) is 2.06. The van der Waals surface area contributed by atoms with Gasteiger partial charge in [-0.15, -0.1) is 0 Å². The maximum absolute atomic E-state index is 2.37. The molecule has 2 rings (SSSR count). The summed E-state index contributed by atoms with van der Waals surface area (Å²) >= 11 is 0. The van der Waals surface area contributed by atoms with Gasteiger partial charge in [0.2, 0.25) is 0 Å². The van der Waals surface area contributed by atoms with Crippen molar-refractivity contribution in [1.29, 1.82) is 0 Å². The zero-order valence-corrected chi connectivity index (χ0v) is 10.7. The van der Waals surface area contributed by atoms with Crippen molar-refractivity contribution in [3.8, 4) is 0 Å².